The summed E-state index contributed by atoms with van der Waals surface area (Å²) in [6.45, 7) is 0. The maximum absolute atomic E-state index is 13.7. The van der Waals surface area contributed by atoms with Crippen molar-refractivity contribution in [3.8, 4) is 0 Å². The predicted octanol–water partition coefficient (Wildman–Crippen LogP) is 3.70. The second kappa shape index (κ2) is 5.54. The summed E-state index contributed by atoms with van der Waals surface area (Å²) < 4.78 is 41.2. The van der Waals surface area contributed by atoms with E-state index in [9.17, 15) is 18.0 Å². The van der Waals surface area contributed by atoms with E-state index in [4.69, 9.17) is 5.73 Å². The second-order valence-electron chi connectivity index (χ2n) is 3.90. The standard InChI is InChI=1S/C13H8BrF3N2O/c14-6-1-2-7(15)10(5-6)19-13(20)11-8(16)3-4-9(18)12(11)17/h1-5H,18H2,(H,19,20). The minimum Gasteiger partial charge on any atom is -0.396 e. The molecule has 0 aromatic heterocycles. The Morgan fingerprint density at radius 3 is 2.45 bits per heavy atom. The lowest BCUT2D eigenvalue weighted by molar-refractivity contribution is 0.101. The molecule has 7 heteroatoms. The Hall–Kier alpha value is -2.02. The summed E-state index contributed by atoms with van der Waals surface area (Å²) in [4.78, 5) is 11.8. The average molecular weight is 345 g/mol. The minimum atomic E-state index is -1.18. The predicted molar refractivity (Wildman–Crippen MR) is 72.8 cm³/mol. The fourth-order valence-electron chi connectivity index (χ4n) is 1.55. The zero-order valence-corrected chi connectivity index (χ0v) is 11.5. The van der Waals surface area contributed by atoms with Crippen LogP contribution >= 0.6 is 15.9 Å². The quantitative estimate of drug-likeness (QED) is 0.816. The number of amides is 1. The van der Waals surface area contributed by atoms with Crippen LogP contribution in [0.3, 0.4) is 0 Å². The zero-order chi connectivity index (χ0) is 14.9. The molecule has 0 spiro atoms. The van der Waals surface area contributed by atoms with Gasteiger partial charge in [0.25, 0.3) is 5.91 Å². The Bertz CT molecular complexity index is 692. The second-order valence-corrected chi connectivity index (χ2v) is 4.82. The Kier molecular flexibility index (Phi) is 3.99. The molecule has 2 aromatic rings. The van der Waals surface area contributed by atoms with Gasteiger partial charge in [0.1, 0.15) is 17.2 Å². The first-order chi connectivity index (χ1) is 9.40. The average Bonchev–Trinajstić information content (AvgIpc) is 2.39. The number of anilines is 2. The third-order valence-electron chi connectivity index (χ3n) is 2.52. The first kappa shape index (κ1) is 14.4. The van der Waals surface area contributed by atoms with E-state index >= 15 is 0 Å². The maximum atomic E-state index is 13.7. The highest BCUT2D eigenvalue weighted by Crippen LogP contribution is 2.23. The molecule has 0 radical (unpaired) electrons. The summed E-state index contributed by atoms with van der Waals surface area (Å²) in [5, 5.41) is 2.10. The summed E-state index contributed by atoms with van der Waals surface area (Å²) >= 11 is 3.10. The van der Waals surface area contributed by atoms with Gasteiger partial charge < -0.3 is 11.1 Å². The molecule has 3 N–H and O–H groups in total. The first-order valence-corrected chi connectivity index (χ1v) is 6.19. The van der Waals surface area contributed by atoms with Crippen LogP contribution in [0, 0.1) is 17.5 Å². The molecule has 0 aliphatic carbocycles. The van der Waals surface area contributed by atoms with Gasteiger partial charge in [-0.3, -0.25) is 4.79 Å². The van der Waals surface area contributed by atoms with E-state index in [1.807, 2.05) is 0 Å². The Balaban J connectivity index is 2.38. The van der Waals surface area contributed by atoms with Gasteiger partial charge in [0, 0.05) is 4.47 Å². The van der Waals surface area contributed by atoms with Crippen molar-refractivity contribution in [3.05, 3.63) is 57.8 Å². The molecule has 0 unspecified atom stereocenters. The molecule has 0 fully saturated rings. The van der Waals surface area contributed by atoms with Gasteiger partial charge in [0.15, 0.2) is 5.82 Å². The highest BCUT2D eigenvalue weighted by atomic mass is 79.9. The number of carbonyl (C=O) groups excluding carboxylic acids is 1. The van der Waals surface area contributed by atoms with Gasteiger partial charge in [-0.05, 0) is 30.3 Å². The van der Waals surface area contributed by atoms with Crippen molar-refractivity contribution in [1.29, 1.82) is 0 Å². The van der Waals surface area contributed by atoms with Gasteiger partial charge in [-0.1, -0.05) is 15.9 Å². The number of halogens is 4. The lowest BCUT2D eigenvalue weighted by atomic mass is 10.1. The highest BCUT2D eigenvalue weighted by molar-refractivity contribution is 9.10. The van der Waals surface area contributed by atoms with Crippen LogP contribution < -0.4 is 11.1 Å². The van der Waals surface area contributed by atoms with E-state index in [1.165, 1.54) is 12.1 Å². The molecule has 0 saturated carbocycles. The fourth-order valence-corrected chi connectivity index (χ4v) is 1.92. The summed E-state index contributed by atoms with van der Waals surface area (Å²) in [5.74, 6) is -4.11. The third-order valence-corrected chi connectivity index (χ3v) is 3.02. The molecule has 3 nitrogen and oxygen atoms in total. The van der Waals surface area contributed by atoms with Crippen molar-refractivity contribution >= 4 is 33.2 Å². The Labute approximate surface area is 120 Å². The lowest BCUT2D eigenvalue weighted by Crippen LogP contribution is -2.17. The molecular formula is C13H8BrF3N2O. The van der Waals surface area contributed by atoms with Crippen LogP contribution in [0.2, 0.25) is 0 Å². The summed E-state index contributed by atoms with van der Waals surface area (Å²) in [5.41, 5.74) is 3.84. The van der Waals surface area contributed by atoms with Gasteiger partial charge in [-0.15, -0.1) is 0 Å². The van der Waals surface area contributed by atoms with Crippen molar-refractivity contribution in [1.82, 2.24) is 0 Å². The van der Waals surface area contributed by atoms with E-state index in [0.29, 0.717) is 4.47 Å². The minimum absolute atomic E-state index is 0.203. The number of benzene rings is 2. The van der Waals surface area contributed by atoms with Gasteiger partial charge in [-0.25, -0.2) is 13.2 Å². The summed E-state index contributed by atoms with van der Waals surface area (Å²) in [6, 6.07) is 5.67. The topological polar surface area (TPSA) is 55.1 Å². The molecule has 0 aliphatic rings. The highest BCUT2D eigenvalue weighted by Gasteiger charge is 2.20. The van der Waals surface area contributed by atoms with Crippen LogP contribution in [-0.2, 0) is 0 Å². The van der Waals surface area contributed by atoms with E-state index in [0.717, 1.165) is 18.2 Å². The molecule has 0 saturated heterocycles. The van der Waals surface area contributed by atoms with Crippen LogP contribution in [0.4, 0.5) is 24.5 Å². The SMILES string of the molecule is Nc1ccc(F)c(C(=O)Nc2cc(Br)ccc2F)c1F. The lowest BCUT2D eigenvalue weighted by Gasteiger charge is -2.09. The molecule has 104 valence electrons. The summed E-state index contributed by atoms with van der Waals surface area (Å²) in [7, 11) is 0. The smallest absolute Gasteiger partial charge is 0.261 e. The molecule has 0 heterocycles. The van der Waals surface area contributed by atoms with E-state index < -0.39 is 28.9 Å². The zero-order valence-electron chi connectivity index (χ0n) is 9.88. The van der Waals surface area contributed by atoms with Crippen molar-refractivity contribution in [2.45, 2.75) is 0 Å². The van der Waals surface area contributed by atoms with Gasteiger partial charge in [-0.2, -0.15) is 0 Å². The van der Waals surface area contributed by atoms with Crippen molar-refractivity contribution in [2.75, 3.05) is 11.1 Å². The molecule has 0 aliphatic heterocycles. The monoisotopic (exact) mass is 344 g/mol. The van der Waals surface area contributed by atoms with Crippen LogP contribution in [0.1, 0.15) is 10.4 Å². The molecular weight excluding hydrogens is 337 g/mol. The van der Waals surface area contributed by atoms with Gasteiger partial charge in [0.05, 0.1) is 11.4 Å². The number of nitrogens with two attached hydrogens (primary N) is 1. The number of hydrogen-bond donors (Lipinski definition) is 2. The van der Waals surface area contributed by atoms with Gasteiger partial charge in [0.2, 0.25) is 0 Å². The number of rotatable bonds is 2. The van der Waals surface area contributed by atoms with Gasteiger partial charge >= 0.3 is 0 Å². The Morgan fingerprint density at radius 1 is 1.10 bits per heavy atom. The Morgan fingerprint density at radius 2 is 1.75 bits per heavy atom. The third kappa shape index (κ3) is 2.77. The van der Waals surface area contributed by atoms with E-state index in [1.54, 1.807) is 0 Å². The molecule has 20 heavy (non-hydrogen) atoms. The first-order valence-electron chi connectivity index (χ1n) is 5.40. The largest absolute Gasteiger partial charge is 0.396 e. The number of hydrogen-bond acceptors (Lipinski definition) is 2. The van der Waals surface area contributed by atoms with Crippen LogP contribution in [0.5, 0.6) is 0 Å². The van der Waals surface area contributed by atoms with Crippen LogP contribution in [0.15, 0.2) is 34.8 Å². The summed E-state index contributed by atoms with van der Waals surface area (Å²) in [6.07, 6.45) is 0. The normalized spacial score (nSPS) is 10.4. The van der Waals surface area contributed by atoms with Crippen molar-refractivity contribution < 1.29 is 18.0 Å². The van der Waals surface area contributed by atoms with Crippen molar-refractivity contribution in [3.63, 3.8) is 0 Å². The van der Waals surface area contributed by atoms with Crippen LogP contribution in [-0.4, -0.2) is 5.91 Å². The number of nitrogens with one attached hydrogen (secondary N) is 1. The molecule has 2 aromatic carbocycles. The maximum Gasteiger partial charge on any atom is 0.261 e. The number of nitrogen functional groups attached to an aromatic ring is 1. The van der Waals surface area contributed by atoms with E-state index in [2.05, 4.69) is 21.2 Å². The van der Waals surface area contributed by atoms with E-state index in [-0.39, 0.29) is 11.4 Å². The molecule has 0 atom stereocenters. The fraction of sp³-hybridized carbons (Fsp3) is 0. The number of carbonyl (C=O) groups is 1. The molecule has 0 bridgehead atoms. The van der Waals surface area contributed by atoms with Crippen molar-refractivity contribution in [2.24, 2.45) is 0 Å². The van der Waals surface area contributed by atoms with Crippen LogP contribution in [0.25, 0.3) is 0 Å². The molecule has 2 rings (SSSR count). The molecule has 1 amide bonds.